The Labute approximate surface area is 188 Å². The van der Waals surface area contributed by atoms with Gasteiger partial charge in [0.25, 0.3) is 5.91 Å². The third kappa shape index (κ3) is 7.06. The number of nitrogens with one attached hydrogen (secondary N) is 1. The number of hydrogen-bond acceptors (Lipinski definition) is 4. The largest absolute Gasteiger partial charge is 0.493 e. The molecule has 0 radical (unpaired) electrons. The van der Waals surface area contributed by atoms with Gasteiger partial charge in [-0.3, -0.25) is 14.6 Å². The molecule has 9 heteroatoms. The van der Waals surface area contributed by atoms with Crippen LogP contribution in [0.2, 0.25) is 0 Å². The number of carbonyl (C=O) groups excluding carboxylic acids is 1. The van der Waals surface area contributed by atoms with E-state index in [2.05, 4.69) is 10.3 Å². The van der Waals surface area contributed by atoms with Crippen LogP contribution in [0, 0.1) is 0 Å². The maximum absolute atomic E-state index is 12.7. The van der Waals surface area contributed by atoms with E-state index >= 15 is 0 Å². The van der Waals surface area contributed by atoms with Crippen LogP contribution in [0.3, 0.4) is 0 Å². The standard InChI is InChI=1S/C24H21F3N2O4/c25-24(26,27)19-6-2-17(3-7-19)21-10-1-16(15-29-21)12-14-33-20-8-4-18(5-9-20)23(32)28-13-11-22(30)31/h1-10,15H,11-14H2,(H,28,32)(H,30,31). The Morgan fingerprint density at radius 2 is 1.67 bits per heavy atom. The maximum atomic E-state index is 12.7. The predicted octanol–water partition coefficient (Wildman–Crippen LogP) is 4.59. The molecule has 0 unspecified atom stereocenters. The van der Waals surface area contributed by atoms with Crippen molar-refractivity contribution in [3.8, 4) is 17.0 Å². The number of hydrogen-bond donors (Lipinski definition) is 2. The number of benzene rings is 2. The molecule has 1 heterocycles. The van der Waals surface area contributed by atoms with Gasteiger partial charge < -0.3 is 15.2 Å². The van der Waals surface area contributed by atoms with Crippen molar-refractivity contribution in [2.45, 2.75) is 19.0 Å². The summed E-state index contributed by atoms with van der Waals surface area (Å²) in [5, 5.41) is 11.1. The fraction of sp³-hybridized carbons (Fsp3) is 0.208. The van der Waals surface area contributed by atoms with Crippen LogP contribution < -0.4 is 10.1 Å². The molecule has 0 saturated heterocycles. The zero-order chi connectivity index (χ0) is 23.8. The molecule has 2 N–H and O–H groups in total. The molecule has 2 aromatic carbocycles. The predicted molar refractivity (Wildman–Crippen MR) is 115 cm³/mol. The number of nitrogens with zero attached hydrogens (tertiary/aromatic N) is 1. The highest BCUT2D eigenvalue weighted by Gasteiger charge is 2.30. The highest BCUT2D eigenvalue weighted by molar-refractivity contribution is 5.94. The first-order chi connectivity index (χ1) is 15.7. The molecule has 1 aromatic heterocycles. The van der Waals surface area contributed by atoms with Gasteiger partial charge in [0.2, 0.25) is 0 Å². The van der Waals surface area contributed by atoms with Gasteiger partial charge in [0.05, 0.1) is 24.3 Å². The smallest absolute Gasteiger partial charge is 0.416 e. The number of carboxylic acids is 1. The molecule has 3 aromatic rings. The number of halogens is 3. The molecule has 0 spiro atoms. The number of alkyl halides is 3. The van der Waals surface area contributed by atoms with Gasteiger partial charge in [0, 0.05) is 30.3 Å². The van der Waals surface area contributed by atoms with Gasteiger partial charge in [-0.1, -0.05) is 18.2 Å². The fourth-order valence-corrected chi connectivity index (χ4v) is 2.95. The number of ether oxygens (including phenoxy) is 1. The summed E-state index contributed by atoms with van der Waals surface area (Å²) in [5.74, 6) is -0.767. The van der Waals surface area contributed by atoms with Crippen molar-refractivity contribution in [3.05, 3.63) is 83.6 Å². The van der Waals surface area contributed by atoms with E-state index < -0.39 is 17.7 Å². The Kier molecular flexibility index (Phi) is 7.66. The summed E-state index contributed by atoms with van der Waals surface area (Å²) >= 11 is 0. The van der Waals surface area contributed by atoms with Crippen molar-refractivity contribution in [1.82, 2.24) is 10.3 Å². The molecule has 172 valence electrons. The van der Waals surface area contributed by atoms with E-state index in [9.17, 15) is 22.8 Å². The minimum Gasteiger partial charge on any atom is -0.493 e. The van der Waals surface area contributed by atoms with Crippen molar-refractivity contribution in [2.24, 2.45) is 0 Å². The van der Waals surface area contributed by atoms with Gasteiger partial charge in [0.1, 0.15) is 5.75 Å². The summed E-state index contributed by atoms with van der Waals surface area (Å²) in [4.78, 5) is 26.7. The van der Waals surface area contributed by atoms with Crippen molar-refractivity contribution in [3.63, 3.8) is 0 Å². The lowest BCUT2D eigenvalue weighted by Gasteiger charge is -2.09. The Morgan fingerprint density at radius 1 is 0.970 bits per heavy atom. The molecule has 0 fully saturated rings. The van der Waals surface area contributed by atoms with E-state index in [0.717, 1.165) is 17.7 Å². The second-order valence-corrected chi connectivity index (χ2v) is 7.15. The number of rotatable bonds is 9. The third-order valence-corrected chi connectivity index (χ3v) is 4.73. The minimum absolute atomic E-state index is 0.0537. The lowest BCUT2D eigenvalue weighted by molar-refractivity contribution is -0.138. The molecule has 0 aliphatic heterocycles. The molecule has 33 heavy (non-hydrogen) atoms. The third-order valence-electron chi connectivity index (χ3n) is 4.73. The summed E-state index contributed by atoms with van der Waals surface area (Å²) in [5.41, 5.74) is 1.77. The summed E-state index contributed by atoms with van der Waals surface area (Å²) in [7, 11) is 0. The lowest BCUT2D eigenvalue weighted by atomic mass is 10.1. The quantitative estimate of drug-likeness (QED) is 0.490. The van der Waals surface area contributed by atoms with E-state index in [1.165, 1.54) is 12.1 Å². The van der Waals surface area contributed by atoms with Crippen LogP contribution in [0.15, 0.2) is 66.9 Å². The van der Waals surface area contributed by atoms with Crippen molar-refractivity contribution < 1.29 is 32.6 Å². The first-order valence-electron chi connectivity index (χ1n) is 10.1. The van der Waals surface area contributed by atoms with Gasteiger partial charge in [0.15, 0.2) is 0 Å². The molecule has 0 atom stereocenters. The second-order valence-electron chi connectivity index (χ2n) is 7.15. The highest BCUT2D eigenvalue weighted by Crippen LogP contribution is 2.30. The topological polar surface area (TPSA) is 88.5 Å². The maximum Gasteiger partial charge on any atom is 0.416 e. The lowest BCUT2D eigenvalue weighted by Crippen LogP contribution is -2.25. The molecule has 0 aliphatic rings. The van der Waals surface area contributed by atoms with Crippen LogP contribution in [-0.2, 0) is 17.4 Å². The first kappa shape index (κ1) is 23.8. The van der Waals surface area contributed by atoms with E-state index in [4.69, 9.17) is 9.84 Å². The van der Waals surface area contributed by atoms with Gasteiger partial charge in [-0.05, 0) is 48.0 Å². The molecular weight excluding hydrogens is 437 g/mol. The average molecular weight is 458 g/mol. The zero-order valence-electron chi connectivity index (χ0n) is 17.4. The van der Waals surface area contributed by atoms with E-state index in [-0.39, 0.29) is 18.9 Å². The molecule has 3 rings (SSSR count). The number of carboxylic acid groups (broad SMARTS) is 1. The van der Waals surface area contributed by atoms with Gasteiger partial charge in [-0.15, -0.1) is 0 Å². The number of aliphatic carboxylic acids is 1. The van der Waals surface area contributed by atoms with Crippen LogP contribution in [0.4, 0.5) is 13.2 Å². The average Bonchev–Trinajstić information content (AvgIpc) is 2.79. The summed E-state index contributed by atoms with van der Waals surface area (Å²) in [6.07, 6.45) is -2.30. The normalized spacial score (nSPS) is 11.1. The summed E-state index contributed by atoms with van der Waals surface area (Å²) < 4.78 is 43.7. The van der Waals surface area contributed by atoms with Crippen LogP contribution >= 0.6 is 0 Å². The van der Waals surface area contributed by atoms with Crippen LogP contribution in [0.25, 0.3) is 11.3 Å². The number of pyridine rings is 1. The van der Waals surface area contributed by atoms with Crippen LogP contribution in [-0.4, -0.2) is 35.1 Å². The Hall–Kier alpha value is -3.88. The summed E-state index contributed by atoms with van der Waals surface area (Å²) in [6, 6.07) is 14.9. The fourth-order valence-electron chi connectivity index (χ4n) is 2.95. The number of carbonyl (C=O) groups is 2. The van der Waals surface area contributed by atoms with Crippen molar-refractivity contribution >= 4 is 11.9 Å². The first-order valence-corrected chi connectivity index (χ1v) is 10.1. The number of aromatic nitrogens is 1. The molecular formula is C24H21F3N2O4. The monoisotopic (exact) mass is 458 g/mol. The Morgan fingerprint density at radius 3 is 2.24 bits per heavy atom. The van der Waals surface area contributed by atoms with Crippen LogP contribution in [0.5, 0.6) is 5.75 Å². The van der Waals surface area contributed by atoms with E-state index in [1.807, 2.05) is 6.07 Å². The molecule has 0 aliphatic carbocycles. The molecule has 0 bridgehead atoms. The molecule has 1 amide bonds. The SMILES string of the molecule is O=C(O)CCNC(=O)c1ccc(OCCc2ccc(-c3ccc(C(F)(F)F)cc3)nc2)cc1. The van der Waals surface area contributed by atoms with E-state index in [0.29, 0.717) is 35.6 Å². The van der Waals surface area contributed by atoms with Gasteiger partial charge in [-0.2, -0.15) is 13.2 Å². The van der Waals surface area contributed by atoms with Crippen molar-refractivity contribution in [2.75, 3.05) is 13.2 Å². The van der Waals surface area contributed by atoms with Gasteiger partial charge in [-0.25, -0.2) is 0 Å². The molecule has 6 nitrogen and oxygen atoms in total. The number of amides is 1. The van der Waals surface area contributed by atoms with Crippen molar-refractivity contribution in [1.29, 1.82) is 0 Å². The van der Waals surface area contributed by atoms with Gasteiger partial charge >= 0.3 is 12.1 Å². The van der Waals surface area contributed by atoms with Crippen LogP contribution in [0.1, 0.15) is 27.9 Å². The Balaban J connectivity index is 1.48. The Bertz CT molecular complexity index is 1080. The highest BCUT2D eigenvalue weighted by atomic mass is 19.4. The summed E-state index contributed by atoms with van der Waals surface area (Å²) in [6.45, 7) is 0.420. The minimum atomic E-state index is -4.37. The zero-order valence-corrected chi connectivity index (χ0v) is 17.4. The molecule has 0 saturated carbocycles. The second kappa shape index (κ2) is 10.6. The van der Waals surface area contributed by atoms with E-state index in [1.54, 1.807) is 36.5 Å².